The molecule has 0 aromatic carbocycles. The summed E-state index contributed by atoms with van der Waals surface area (Å²) in [5, 5.41) is 0. The highest BCUT2D eigenvalue weighted by molar-refractivity contribution is 6.13. The molecule has 2 atom stereocenters. The average Bonchev–Trinajstić information content (AvgIpc) is 2.15. The fourth-order valence-corrected chi connectivity index (χ4v) is 1.70. The van der Waals surface area contributed by atoms with Crippen molar-refractivity contribution < 1.29 is 0 Å². The summed E-state index contributed by atoms with van der Waals surface area (Å²) in [5.41, 5.74) is 0. The molecule has 0 aromatic rings. The second-order valence-electron chi connectivity index (χ2n) is 2.58. The minimum atomic E-state index is 0.984. The minimum Gasteiger partial charge on any atom is -0.220 e. The Balaban J connectivity index is 2.02. The Bertz CT molecular complexity index is 84.1. The second-order valence-corrected chi connectivity index (χ2v) is 3.06. The molecule has 2 rings (SSSR count). The van der Waals surface area contributed by atoms with Gasteiger partial charge in [0.1, 0.15) is 0 Å². The van der Waals surface area contributed by atoms with Crippen LogP contribution in [-0.2, 0) is 0 Å². The first-order valence-electron chi connectivity index (χ1n) is 2.77. The lowest BCUT2D eigenvalue weighted by Gasteiger charge is -2.02. The van der Waals surface area contributed by atoms with Crippen molar-refractivity contribution in [3.8, 4) is 0 Å². The molecule has 2 unspecified atom stereocenters. The average molecular weight is 118 g/mol. The Labute approximate surface area is 48.4 Å². The van der Waals surface area contributed by atoms with Crippen LogP contribution in [0.4, 0.5) is 0 Å². The molecule has 0 N–H and O–H groups in total. The van der Waals surface area contributed by atoms with E-state index in [0.29, 0.717) is 0 Å². The highest BCUT2D eigenvalue weighted by Crippen LogP contribution is 2.45. The molecule has 0 bridgehead atoms. The molecule has 2 heteroatoms. The maximum atomic E-state index is 5.67. The van der Waals surface area contributed by atoms with E-state index in [1.807, 2.05) is 4.42 Å². The number of fused-ring (bicyclic) bond motifs is 1. The number of piperidine rings is 1. The van der Waals surface area contributed by atoms with Gasteiger partial charge in [-0.3, -0.25) is 0 Å². The van der Waals surface area contributed by atoms with E-state index in [2.05, 4.69) is 0 Å². The van der Waals surface area contributed by atoms with E-state index in [4.69, 9.17) is 11.8 Å². The van der Waals surface area contributed by atoms with Crippen molar-refractivity contribution in [1.82, 2.24) is 4.42 Å². The molecule has 0 aromatic heterocycles. The largest absolute Gasteiger partial charge is 0.220 e. The van der Waals surface area contributed by atoms with Crippen molar-refractivity contribution in [2.45, 2.75) is 6.42 Å². The second kappa shape index (κ2) is 1.15. The molecule has 2 aliphatic rings. The third-order valence-electron chi connectivity index (χ3n) is 1.93. The van der Waals surface area contributed by atoms with E-state index in [-0.39, 0.29) is 0 Å². The summed E-state index contributed by atoms with van der Waals surface area (Å²) < 4.78 is 1.90. The smallest absolute Gasteiger partial charge is 0.0170 e. The van der Waals surface area contributed by atoms with Crippen molar-refractivity contribution in [3.63, 3.8) is 0 Å². The van der Waals surface area contributed by atoms with Gasteiger partial charge in [-0.2, -0.15) is 0 Å². The number of hydrogen-bond acceptors (Lipinski definition) is 1. The molecule has 1 aliphatic carbocycles. The zero-order chi connectivity index (χ0) is 4.85. The van der Waals surface area contributed by atoms with Crippen LogP contribution in [0.5, 0.6) is 0 Å². The highest BCUT2D eigenvalue weighted by atomic mass is 35.5. The first kappa shape index (κ1) is 4.16. The van der Waals surface area contributed by atoms with Gasteiger partial charge >= 0.3 is 0 Å². The Morgan fingerprint density at radius 1 is 1.29 bits per heavy atom. The third kappa shape index (κ3) is 0.556. The van der Waals surface area contributed by atoms with Crippen molar-refractivity contribution in [2.75, 3.05) is 13.1 Å². The molecule has 1 nitrogen and oxygen atoms in total. The predicted octanol–water partition coefficient (Wildman–Crippen LogP) is 1.09. The summed E-state index contributed by atoms with van der Waals surface area (Å²) in [6.07, 6.45) is 1.45. The topological polar surface area (TPSA) is 3.24 Å². The maximum Gasteiger partial charge on any atom is 0.0170 e. The van der Waals surface area contributed by atoms with Gasteiger partial charge in [-0.25, -0.2) is 4.42 Å². The molecule has 1 saturated carbocycles. The SMILES string of the molecule is ClN1CC2CC2C1. The molecule has 40 valence electrons. The third-order valence-corrected chi connectivity index (χ3v) is 2.21. The Morgan fingerprint density at radius 3 is 2.14 bits per heavy atom. The lowest BCUT2D eigenvalue weighted by atomic mass is 10.4. The molecule has 0 radical (unpaired) electrons. The van der Waals surface area contributed by atoms with E-state index in [0.717, 1.165) is 24.9 Å². The quantitative estimate of drug-likeness (QED) is 0.430. The Morgan fingerprint density at radius 2 is 1.86 bits per heavy atom. The summed E-state index contributed by atoms with van der Waals surface area (Å²) in [4.78, 5) is 0. The van der Waals surface area contributed by atoms with Crippen LogP contribution in [0, 0.1) is 11.8 Å². The van der Waals surface area contributed by atoms with Crippen molar-refractivity contribution in [1.29, 1.82) is 0 Å². The highest BCUT2D eigenvalue weighted by Gasteiger charge is 2.44. The minimum absolute atomic E-state index is 0.984. The molecular formula is C5H8ClN. The van der Waals surface area contributed by atoms with E-state index in [1.165, 1.54) is 6.42 Å². The van der Waals surface area contributed by atoms with Crippen molar-refractivity contribution >= 4 is 11.8 Å². The number of hydrogen-bond donors (Lipinski definition) is 0. The zero-order valence-corrected chi connectivity index (χ0v) is 4.86. The van der Waals surface area contributed by atoms with Gasteiger partial charge in [0.2, 0.25) is 0 Å². The van der Waals surface area contributed by atoms with Crippen molar-refractivity contribution in [3.05, 3.63) is 0 Å². The van der Waals surface area contributed by atoms with Crippen LogP contribution < -0.4 is 0 Å². The van der Waals surface area contributed by atoms with Crippen LogP contribution >= 0.6 is 11.8 Å². The zero-order valence-electron chi connectivity index (χ0n) is 4.10. The molecule has 2 fully saturated rings. The Kier molecular flexibility index (Phi) is 0.682. The van der Waals surface area contributed by atoms with Crippen LogP contribution in [0.3, 0.4) is 0 Å². The van der Waals surface area contributed by atoms with E-state index < -0.39 is 0 Å². The fraction of sp³-hybridized carbons (Fsp3) is 1.00. The number of rotatable bonds is 0. The molecule has 1 saturated heterocycles. The van der Waals surface area contributed by atoms with Gasteiger partial charge in [0.05, 0.1) is 0 Å². The first-order valence-corrected chi connectivity index (χ1v) is 3.11. The molecule has 1 heterocycles. The van der Waals surface area contributed by atoms with Crippen molar-refractivity contribution in [2.24, 2.45) is 11.8 Å². The Hall–Kier alpha value is 0.250. The summed E-state index contributed by atoms with van der Waals surface area (Å²) in [7, 11) is 0. The lowest BCUT2D eigenvalue weighted by molar-refractivity contribution is 0.501. The summed E-state index contributed by atoms with van der Waals surface area (Å²) in [6, 6.07) is 0. The molecule has 7 heavy (non-hydrogen) atoms. The summed E-state index contributed by atoms with van der Waals surface area (Å²) in [6.45, 7) is 2.29. The normalized spacial score (nSPS) is 49.3. The van der Waals surface area contributed by atoms with Gasteiger partial charge in [0.15, 0.2) is 0 Å². The van der Waals surface area contributed by atoms with Gasteiger partial charge in [-0.05, 0) is 30.0 Å². The number of halogens is 1. The van der Waals surface area contributed by atoms with Crippen LogP contribution in [0.1, 0.15) is 6.42 Å². The van der Waals surface area contributed by atoms with E-state index in [1.54, 1.807) is 0 Å². The van der Waals surface area contributed by atoms with Gasteiger partial charge in [0.25, 0.3) is 0 Å². The fourth-order valence-electron chi connectivity index (χ4n) is 1.34. The van der Waals surface area contributed by atoms with Crippen LogP contribution in [0.2, 0.25) is 0 Å². The monoisotopic (exact) mass is 117 g/mol. The number of nitrogens with zero attached hydrogens (tertiary/aromatic N) is 1. The van der Waals surface area contributed by atoms with Gasteiger partial charge < -0.3 is 0 Å². The summed E-state index contributed by atoms with van der Waals surface area (Å²) >= 11 is 5.67. The van der Waals surface area contributed by atoms with Gasteiger partial charge in [0, 0.05) is 13.1 Å². The van der Waals surface area contributed by atoms with Gasteiger partial charge in [-0.1, -0.05) is 0 Å². The van der Waals surface area contributed by atoms with Crippen LogP contribution in [0.25, 0.3) is 0 Å². The molecule has 1 aliphatic heterocycles. The summed E-state index contributed by atoms with van der Waals surface area (Å²) in [5.74, 6) is 1.97. The predicted molar refractivity (Wildman–Crippen MR) is 29.0 cm³/mol. The van der Waals surface area contributed by atoms with Crippen LogP contribution in [0.15, 0.2) is 0 Å². The van der Waals surface area contributed by atoms with E-state index >= 15 is 0 Å². The first-order chi connectivity index (χ1) is 3.36. The molecular weight excluding hydrogens is 110 g/mol. The van der Waals surface area contributed by atoms with Gasteiger partial charge in [-0.15, -0.1) is 0 Å². The molecule has 0 amide bonds. The van der Waals surface area contributed by atoms with Crippen LogP contribution in [-0.4, -0.2) is 17.5 Å². The maximum absolute atomic E-state index is 5.67. The molecule has 0 spiro atoms. The van der Waals surface area contributed by atoms with E-state index in [9.17, 15) is 0 Å². The standard InChI is InChI=1S/C5H8ClN/c6-7-2-4-1-5(4)3-7/h4-5H,1-3H2. The lowest BCUT2D eigenvalue weighted by Crippen LogP contribution is -2.08.